The van der Waals surface area contributed by atoms with Crippen molar-refractivity contribution in [3.8, 4) is 0 Å². The van der Waals surface area contributed by atoms with Crippen molar-refractivity contribution in [2.75, 3.05) is 25.4 Å². The number of hydrogen-bond acceptors (Lipinski definition) is 4. The number of rotatable bonds is 6. The Labute approximate surface area is 129 Å². The van der Waals surface area contributed by atoms with Gasteiger partial charge in [-0.1, -0.05) is 6.07 Å². The molecule has 1 N–H and O–H groups in total. The minimum Gasteiger partial charge on any atom is -0.355 e. The molecular formula is C15H21N3O2S. The summed E-state index contributed by atoms with van der Waals surface area (Å²) in [5, 5.41) is 3.92. The second-order valence-electron chi connectivity index (χ2n) is 4.98. The van der Waals surface area contributed by atoms with E-state index < -0.39 is 0 Å². The van der Waals surface area contributed by atoms with Gasteiger partial charge in [0.25, 0.3) is 0 Å². The smallest absolute Gasteiger partial charge is 0.224 e. The standard InChI is InChI=1S/C15H21N3O2S/c1-2-18-11-12(6-7-14(18)19)15(20)17-9-10-21-13-5-3-4-8-16-13/h3-5,8,12H,2,6-7,9-11H2,1H3,(H,17,20)/t12-/m1/s1. The highest BCUT2D eigenvalue weighted by Crippen LogP contribution is 2.18. The molecule has 0 unspecified atom stereocenters. The van der Waals surface area contributed by atoms with E-state index in [0.29, 0.717) is 32.5 Å². The predicted octanol–water partition coefficient (Wildman–Crippen LogP) is 1.55. The van der Waals surface area contributed by atoms with Gasteiger partial charge in [0.1, 0.15) is 0 Å². The summed E-state index contributed by atoms with van der Waals surface area (Å²) in [5.74, 6) is 0.948. The van der Waals surface area contributed by atoms with Crippen LogP contribution in [0.2, 0.25) is 0 Å². The Bertz CT molecular complexity index is 481. The number of thioether (sulfide) groups is 1. The normalized spacial score (nSPS) is 18.6. The van der Waals surface area contributed by atoms with E-state index in [4.69, 9.17) is 0 Å². The van der Waals surface area contributed by atoms with Gasteiger partial charge in [-0.3, -0.25) is 9.59 Å². The molecule has 1 aromatic rings. The van der Waals surface area contributed by atoms with Crippen LogP contribution in [0.5, 0.6) is 0 Å². The highest BCUT2D eigenvalue weighted by atomic mass is 32.2. The van der Waals surface area contributed by atoms with Crippen molar-refractivity contribution in [3.63, 3.8) is 0 Å². The third kappa shape index (κ3) is 4.74. The number of amides is 2. The first-order valence-electron chi connectivity index (χ1n) is 7.30. The minimum atomic E-state index is -0.0671. The van der Waals surface area contributed by atoms with Crippen LogP contribution in [0.25, 0.3) is 0 Å². The number of piperidine rings is 1. The molecule has 6 heteroatoms. The van der Waals surface area contributed by atoms with Crippen LogP contribution in [0.3, 0.4) is 0 Å². The Kier molecular flexibility index (Phi) is 6.04. The van der Waals surface area contributed by atoms with E-state index in [-0.39, 0.29) is 17.7 Å². The number of aromatic nitrogens is 1. The molecule has 1 aliphatic heterocycles. The van der Waals surface area contributed by atoms with Crippen molar-refractivity contribution < 1.29 is 9.59 Å². The molecule has 1 fully saturated rings. The van der Waals surface area contributed by atoms with E-state index in [0.717, 1.165) is 10.8 Å². The lowest BCUT2D eigenvalue weighted by molar-refractivity contribution is -0.138. The molecule has 5 nitrogen and oxygen atoms in total. The molecule has 0 saturated carbocycles. The molecule has 1 saturated heterocycles. The number of pyridine rings is 1. The third-order valence-corrected chi connectivity index (χ3v) is 4.49. The van der Waals surface area contributed by atoms with Gasteiger partial charge in [0, 0.05) is 38.0 Å². The summed E-state index contributed by atoms with van der Waals surface area (Å²) in [6, 6.07) is 5.79. The molecule has 0 aromatic carbocycles. The van der Waals surface area contributed by atoms with Crippen LogP contribution in [0.1, 0.15) is 19.8 Å². The Morgan fingerprint density at radius 3 is 3.10 bits per heavy atom. The molecule has 0 spiro atoms. The molecule has 2 heterocycles. The maximum atomic E-state index is 12.1. The van der Waals surface area contributed by atoms with Crippen LogP contribution in [0.15, 0.2) is 29.4 Å². The van der Waals surface area contributed by atoms with Gasteiger partial charge >= 0.3 is 0 Å². The molecule has 2 rings (SSSR count). The van der Waals surface area contributed by atoms with Crippen molar-refractivity contribution in [3.05, 3.63) is 24.4 Å². The largest absolute Gasteiger partial charge is 0.355 e. The lowest BCUT2D eigenvalue weighted by Gasteiger charge is -2.30. The van der Waals surface area contributed by atoms with E-state index in [9.17, 15) is 9.59 Å². The molecule has 2 amide bonds. The zero-order valence-corrected chi connectivity index (χ0v) is 13.1. The average Bonchev–Trinajstić information content (AvgIpc) is 2.53. The maximum absolute atomic E-state index is 12.1. The first kappa shape index (κ1) is 15.8. The Balaban J connectivity index is 1.69. The molecule has 1 atom stereocenters. The minimum absolute atomic E-state index is 0.0579. The third-order valence-electron chi connectivity index (χ3n) is 3.54. The van der Waals surface area contributed by atoms with Gasteiger partial charge in [-0.05, 0) is 25.5 Å². The molecule has 1 aliphatic rings. The van der Waals surface area contributed by atoms with Gasteiger partial charge in [-0.15, -0.1) is 11.8 Å². The van der Waals surface area contributed by atoms with Gasteiger partial charge < -0.3 is 10.2 Å². The first-order chi connectivity index (χ1) is 10.2. The zero-order chi connectivity index (χ0) is 15.1. The van der Waals surface area contributed by atoms with E-state index in [1.807, 2.05) is 25.1 Å². The predicted molar refractivity (Wildman–Crippen MR) is 82.9 cm³/mol. The van der Waals surface area contributed by atoms with Crippen LogP contribution in [0, 0.1) is 5.92 Å². The Morgan fingerprint density at radius 2 is 2.38 bits per heavy atom. The van der Waals surface area contributed by atoms with Crippen LogP contribution >= 0.6 is 11.8 Å². The summed E-state index contributed by atoms with van der Waals surface area (Å²) >= 11 is 1.62. The van der Waals surface area contributed by atoms with Gasteiger partial charge in [-0.25, -0.2) is 4.98 Å². The summed E-state index contributed by atoms with van der Waals surface area (Å²) in [4.78, 5) is 29.7. The molecule has 21 heavy (non-hydrogen) atoms. The van der Waals surface area contributed by atoms with E-state index in [1.165, 1.54) is 0 Å². The van der Waals surface area contributed by atoms with Crippen molar-refractivity contribution in [2.24, 2.45) is 5.92 Å². The quantitative estimate of drug-likeness (QED) is 0.640. The number of hydrogen-bond donors (Lipinski definition) is 1. The monoisotopic (exact) mass is 307 g/mol. The highest BCUT2D eigenvalue weighted by Gasteiger charge is 2.28. The number of carbonyl (C=O) groups is 2. The molecule has 0 bridgehead atoms. The van der Waals surface area contributed by atoms with E-state index >= 15 is 0 Å². The number of likely N-dealkylation sites (tertiary alicyclic amines) is 1. The Hall–Kier alpha value is -1.56. The maximum Gasteiger partial charge on any atom is 0.224 e. The highest BCUT2D eigenvalue weighted by molar-refractivity contribution is 7.99. The summed E-state index contributed by atoms with van der Waals surface area (Å²) in [6.07, 6.45) is 2.91. The van der Waals surface area contributed by atoms with Gasteiger partial charge in [0.05, 0.1) is 10.9 Å². The van der Waals surface area contributed by atoms with Crippen molar-refractivity contribution >= 4 is 23.6 Å². The Morgan fingerprint density at radius 1 is 1.52 bits per heavy atom. The molecule has 0 aliphatic carbocycles. The van der Waals surface area contributed by atoms with E-state index in [1.54, 1.807) is 22.9 Å². The summed E-state index contributed by atoms with van der Waals surface area (Å²) in [7, 11) is 0. The number of nitrogens with zero attached hydrogens (tertiary/aromatic N) is 2. The second-order valence-corrected chi connectivity index (χ2v) is 6.09. The summed E-state index contributed by atoms with van der Waals surface area (Å²) in [5.41, 5.74) is 0. The zero-order valence-electron chi connectivity index (χ0n) is 12.2. The molecular weight excluding hydrogens is 286 g/mol. The number of carbonyl (C=O) groups excluding carboxylic acids is 2. The van der Waals surface area contributed by atoms with Crippen LogP contribution < -0.4 is 5.32 Å². The summed E-state index contributed by atoms with van der Waals surface area (Å²) < 4.78 is 0. The fourth-order valence-electron chi connectivity index (χ4n) is 2.34. The van der Waals surface area contributed by atoms with E-state index in [2.05, 4.69) is 10.3 Å². The lowest BCUT2D eigenvalue weighted by atomic mass is 9.97. The fraction of sp³-hybridized carbons (Fsp3) is 0.533. The summed E-state index contributed by atoms with van der Waals surface area (Å²) in [6.45, 7) is 3.80. The topological polar surface area (TPSA) is 62.3 Å². The SMILES string of the molecule is CCN1C[C@H](C(=O)NCCSc2ccccn2)CCC1=O. The van der Waals surface area contributed by atoms with Gasteiger partial charge in [0.15, 0.2) is 0 Å². The van der Waals surface area contributed by atoms with Crippen molar-refractivity contribution in [2.45, 2.75) is 24.8 Å². The lowest BCUT2D eigenvalue weighted by Crippen LogP contribution is -2.45. The van der Waals surface area contributed by atoms with Crippen molar-refractivity contribution in [1.82, 2.24) is 15.2 Å². The number of nitrogens with one attached hydrogen (secondary N) is 1. The second kappa shape index (κ2) is 8.02. The fourth-order valence-corrected chi connectivity index (χ4v) is 3.06. The van der Waals surface area contributed by atoms with Crippen LogP contribution in [0.4, 0.5) is 0 Å². The average molecular weight is 307 g/mol. The van der Waals surface area contributed by atoms with Crippen LogP contribution in [-0.4, -0.2) is 47.1 Å². The molecule has 0 radical (unpaired) electrons. The van der Waals surface area contributed by atoms with Crippen LogP contribution in [-0.2, 0) is 9.59 Å². The van der Waals surface area contributed by atoms with Gasteiger partial charge in [0.2, 0.25) is 11.8 Å². The molecule has 1 aromatic heterocycles. The van der Waals surface area contributed by atoms with Crippen molar-refractivity contribution in [1.29, 1.82) is 0 Å². The molecule has 114 valence electrons. The van der Waals surface area contributed by atoms with Gasteiger partial charge in [-0.2, -0.15) is 0 Å². The first-order valence-corrected chi connectivity index (χ1v) is 8.28.